The van der Waals surface area contributed by atoms with E-state index in [1.807, 2.05) is 6.07 Å². The van der Waals surface area contributed by atoms with Gasteiger partial charge in [-0.2, -0.15) is 0 Å². The zero-order valence-electron chi connectivity index (χ0n) is 11.1. The molecule has 2 aromatic rings. The Bertz CT molecular complexity index is 592. The third-order valence-electron chi connectivity index (χ3n) is 3.86. The van der Waals surface area contributed by atoms with Crippen LogP contribution in [0.2, 0.25) is 0 Å². The zero-order valence-corrected chi connectivity index (χ0v) is 11.1. The Labute approximate surface area is 113 Å². The highest BCUT2D eigenvalue weighted by atomic mass is 19.1. The lowest BCUT2D eigenvalue weighted by Gasteiger charge is -2.14. The molecule has 1 aliphatic heterocycles. The third-order valence-corrected chi connectivity index (χ3v) is 3.86. The van der Waals surface area contributed by atoms with Crippen LogP contribution in [0.15, 0.2) is 42.5 Å². The number of benzene rings is 2. The average molecular weight is 255 g/mol. The van der Waals surface area contributed by atoms with Crippen molar-refractivity contribution in [1.29, 1.82) is 0 Å². The van der Waals surface area contributed by atoms with Crippen LogP contribution in [0.25, 0.3) is 11.1 Å². The third kappa shape index (κ3) is 2.54. The van der Waals surface area contributed by atoms with Gasteiger partial charge in [0.1, 0.15) is 5.82 Å². The highest BCUT2D eigenvalue weighted by Gasteiger charge is 2.15. The van der Waals surface area contributed by atoms with Gasteiger partial charge in [-0.15, -0.1) is 0 Å². The molecule has 1 N–H and O–H groups in total. The Hall–Kier alpha value is -1.67. The van der Waals surface area contributed by atoms with Crippen molar-refractivity contribution >= 4 is 0 Å². The van der Waals surface area contributed by atoms with Gasteiger partial charge < -0.3 is 5.32 Å². The SMILES string of the molecule is C[C@@H]1CNCCc2ccc(-c3cccc(F)c3)cc21. The molecule has 0 aliphatic carbocycles. The first-order valence-corrected chi connectivity index (χ1v) is 6.83. The minimum Gasteiger partial charge on any atom is -0.316 e. The summed E-state index contributed by atoms with van der Waals surface area (Å²) in [5.74, 6) is 0.327. The Morgan fingerprint density at radius 1 is 1.11 bits per heavy atom. The lowest BCUT2D eigenvalue weighted by molar-refractivity contribution is 0.628. The summed E-state index contributed by atoms with van der Waals surface area (Å²) in [6.45, 7) is 4.29. The second kappa shape index (κ2) is 5.14. The van der Waals surface area contributed by atoms with Crippen molar-refractivity contribution in [2.45, 2.75) is 19.3 Å². The molecule has 3 rings (SSSR count). The van der Waals surface area contributed by atoms with E-state index in [9.17, 15) is 4.39 Å². The predicted octanol–water partition coefficient (Wildman–Crippen LogP) is 3.74. The van der Waals surface area contributed by atoms with Gasteiger partial charge in [0, 0.05) is 6.54 Å². The molecule has 0 radical (unpaired) electrons. The molecule has 0 unspecified atom stereocenters. The highest BCUT2D eigenvalue weighted by molar-refractivity contribution is 5.65. The summed E-state index contributed by atoms with van der Waals surface area (Å²) in [6.07, 6.45) is 1.07. The Kier molecular flexibility index (Phi) is 3.34. The average Bonchev–Trinajstić information content (AvgIpc) is 2.61. The van der Waals surface area contributed by atoms with Crippen molar-refractivity contribution in [1.82, 2.24) is 5.32 Å². The molecule has 0 aromatic heterocycles. The fourth-order valence-corrected chi connectivity index (χ4v) is 2.78. The monoisotopic (exact) mass is 255 g/mol. The van der Waals surface area contributed by atoms with E-state index >= 15 is 0 Å². The Morgan fingerprint density at radius 3 is 2.79 bits per heavy atom. The van der Waals surface area contributed by atoms with E-state index in [2.05, 4.69) is 30.4 Å². The van der Waals surface area contributed by atoms with Gasteiger partial charge >= 0.3 is 0 Å². The fraction of sp³-hybridized carbons (Fsp3) is 0.294. The van der Waals surface area contributed by atoms with Crippen LogP contribution < -0.4 is 5.32 Å². The standard InChI is InChI=1S/C17H18FN/c1-12-11-19-8-7-13-5-6-15(10-17(12)13)14-3-2-4-16(18)9-14/h2-6,9-10,12,19H,7-8,11H2,1H3/t12-/m1/s1. The van der Waals surface area contributed by atoms with Crippen molar-refractivity contribution in [3.8, 4) is 11.1 Å². The number of hydrogen-bond donors (Lipinski definition) is 1. The van der Waals surface area contributed by atoms with Gasteiger partial charge in [0.15, 0.2) is 0 Å². The molecule has 1 heterocycles. The molecular weight excluding hydrogens is 237 g/mol. The van der Waals surface area contributed by atoms with E-state index in [0.29, 0.717) is 5.92 Å². The molecule has 0 fully saturated rings. The number of rotatable bonds is 1. The summed E-state index contributed by atoms with van der Waals surface area (Å²) in [5.41, 5.74) is 4.86. The van der Waals surface area contributed by atoms with Crippen LogP contribution >= 0.6 is 0 Å². The first-order chi connectivity index (χ1) is 9.24. The number of halogens is 1. The maximum absolute atomic E-state index is 13.3. The summed E-state index contributed by atoms with van der Waals surface area (Å²) in [6, 6.07) is 13.3. The number of hydrogen-bond acceptors (Lipinski definition) is 1. The molecule has 19 heavy (non-hydrogen) atoms. The molecule has 0 saturated carbocycles. The molecule has 1 atom stereocenters. The Morgan fingerprint density at radius 2 is 1.95 bits per heavy atom. The first kappa shape index (κ1) is 12.4. The first-order valence-electron chi connectivity index (χ1n) is 6.83. The van der Waals surface area contributed by atoms with Crippen LogP contribution in [-0.4, -0.2) is 13.1 Å². The second-order valence-corrected chi connectivity index (χ2v) is 5.28. The Balaban J connectivity index is 2.05. The minimum atomic E-state index is -0.179. The molecule has 98 valence electrons. The summed E-state index contributed by atoms with van der Waals surface area (Å²) in [4.78, 5) is 0. The number of nitrogens with one attached hydrogen (secondary N) is 1. The van der Waals surface area contributed by atoms with Crippen molar-refractivity contribution in [3.05, 3.63) is 59.4 Å². The van der Waals surface area contributed by atoms with Crippen LogP contribution in [0.4, 0.5) is 4.39 Å². The maximum Gasteiger partial charge on any atom is 0.123 e. The fourth-order valence-electron chi connectivity index (χ4n) is 2.78. The van der Waals surface area contributed by atoms with Gasteiger partial charge in [-0.05, 0) is 53.3 Å². The quantitative estimate of drug-likeness (QED) is 0.818. The van der Waals surface area contributed by atoms with Crippen LogP contribution in [0.1, 0.15) is 24.0 Å². The van der Waals surface area contributed by atoms with Gasteiger partial charge in [0.2, 0.25) is 0 Å². The highest BCUT2D eigenvalue weighted by Crippen LogP contribution is 2.28. The van der Waals surface area contributed by atoms with Gasteiger partial charge in [-0.3, -0.25) is 0 Å². The summed E-state index contributed by atoms with van der Waals surface area (Å²) < 4.78 is 13.3. The largest absolute Gasteiger partial charge is 0.316 e. The van der Waals surface area contributed by atoms with Gasteiger partial charge in [0.05, 0.1) is 0 Å². The molecule has 0 saturated heterocycles. The number of fused-ring (bicyclic) bond motifs is 1. The van der Waals surface area contributed by atoms with Crippen LogP contribution in [-0.2, 0) is 6.42 Å². The maximum atomic E-state index is 13.3. The lowest BCUT2D eigenvalue weighted by atomic mass is 9.91. The van der Waals surface area contributed by atoms with E-state index < -0.39 is 0 Å². The van der Waals surface area contributed by atoms with E-state index in [-0.39, 0.29) is 5.82 Å². The smallest absolute Gasteiger partial charge is 0.123 e. The van der Waals surface area contributed by atoms with E-state index in [0.717, 1.165) is 30.6 Å². The summed E-state index contributed by atoms with van der Waals surface area (Å²) in [7, 11) is 0. The zero-order chi connectivity index (χ0) is 13.2. The molecule has 1 aliphatic rings. The molecule has 0 spiro atoms. The van der Waals surface area contributed by atoms with Crippen LogP contribution in [0, 0.1) is 5.82 Å². The molecule has 2 aromatic carbocycles. The normalized spacial score (nSPS) is 18.7. The molecule has 2 heteroatoms. The van der Waals surface area contributed by atoms with Crippen molar-refractivity contribution in [3.63, 3.8) is 0 Å². The predicted molar refractivity (Wildman–Crippen MR) is 76.8 cm³/mol. The van der Waals surface area contributed by atoms with Crippen LogP contribution in [0.3, 0.4) is 0 Å². The topological polar surface area (TPSA) is 12.0 Å². The summed E-state index contributed by atoms with van der Waals surface area (Å²) >= 11 is 0. The van der Waals surface area contributed by atoms with E-state index in [1.165, 1.54) is 17.2 Å². The summed E-state index contributed by atoms with van der Waals surface area (Å²) in [5, 5.41) is 3.45. The van der Waals surface area contributed by atoms with E-state index in [1.54, 1.807) is 12.1 Å². The molecule has 0 amide bonds. The van der Waals surface area contributed by atoms with Gasteiger partial charge in [-0.1, -0.05) is 37.3 Å². The van der Waals surface area contributed by atoms with Crippen molar-refractivity contribution in [2.75, 3.05) is 13.1 Å². The van der Waals surface area contributed by atoms with Crippen molar-refractivity contribution < 1.29 is 4.39 Å². The van der Waals surface area contributed by atoms with Gasteiger partial charge in [-0.25, -0.2) is 4.39 Å². The van der Waals surface area contributed by atoms with Crippen molar-refractivity contribution in [2.24, 2.45) is 0 Å². The van der Waals surface area contributed by atoms with Gasteiger partial charge in [0.25, 0.3) is 0 Å². The molecular formula is C17H18FN. The molecule has 0 bridgehead atoms. The lowest BCUT2D eigenvalue weighted by Crippen LogP contribution is -2.18. The minimum absolute atomic E-state index is 0.179. The molecule has 1 nitrogen and oxygen atoms in total. The van der Waals surface area contributed by atoms with E-state index in [4.69, 9.17) is 0 Å². The second-order valence-electron chi connectivity index (χ2n) is 5.28. The van der Waals surface area contributed by atoms with Crippen LogP contribution in [0.5, 0.6) is 0 Å².